The monoisotopic (exact) mass is 238 g/mol. The minimum absolute atomic E-state index is 0.233. The molecule has 0 aromatic carbocycles. The van der Waals surface area contributed by atoms with E-state index < -0.39 is 0 Å². The molecule has 0 spiro atoms. The minimum atomic E-state index is -0.274. The molecule has 0 aliphatic rings. The molecule has 1 atom stereocenters. The lowest BCUT2D eigenvalue weighted by molar-refractivity contribution is 0.402. The third-order valence-electron chi connectivity index (χ3n) is 3.32. The highest BCUT2D eigenvalue weighted by Gasteiger charge is 2.12. The summed E-state index contributed by atoms with van der Waals surface area (Å²) in [4.78, 5) is 4.14. The average Bonchev–Trinajstić information content (AvgIpc) is 2.36. The number of aromatic nitrogens is 1. The standard InChI is InChI=1S/C14H23FN2/c1-4-11(5-2)9-16-13(6-3)14-8-7-12(15)10-17-14/h7-8,10-11,13,16H,4-6,9H2,1-3H3. The lowest BCUT2D eigenvalue weighted by atomic mass is 10.0. The van der Waals surface area contributed by atoms with Crippen LogP contribution in [0, 0.1) is 11.7 Å². The number of nitrogens with one attached hydrogen (secondary N) is 1. The zero-order chi connectivity index (χ0) is 12.7. The predicted molar refractivity (Wildman–Crippen MR) is 69.3 cm³/mol. The summed E-state index contributed by atoms with van der Waals surface area (Å²) in [5, 5.41) is 3.52. The smallest absolute Gasteiger partial charge is 0.141 e. The Morgan fingerprint density at radius 2 is 1.88 bits per heavy atom. The number of hydrogen-bond donors (Lipinski definition) is 1. The molecule has 0 fully saturated rings. The Morgan fingerprint density at radius 1 is 1.18 bits per heavy atom. The second-order valence-corrected chi connectivity index (χ2v) is 4.45. The van der Waals surface area contributed by atoms with Crippen LogP contribution in [0.25, 0.3) is 0 Å². The quantitative estimate of drug-likeness (QED) is 0.783. The van der Waals surface area contributed by atoms with Crippen LogP contribution in [-0.4, -0.2) is 11.5 Å². The Kier molecular flexibility index (Phi) is 6.12. The zero-order valence-corrected chi connectivity index (χ0v) is 11.0. The molecule has 3 heteroatoms. The molecule has 96 valence electrons. The van der Waals surface area contributed by atoms with Crippen molar-refractivity contribution in [3.63, 3.8) is 0 Å². The van der Waals surface area contributed by atoms with Crippen LogP contribution >= 0.6 is 0 Å². The third-order valence-corrected chi connectivity index (χ3v) is 3.32. The van der Waals surface area contributed by atoms with E-state index in [9.17, 15) is 4.39 Å². The van der Waals surface area contributed by atoms with E-state index >= 15 is 0 Å². The number of pyridine rings is 1. The Bertz CT molecular complexity index is 307. The van der Waals surface area contributed by atoms with Gasteiger partial charge in [0.25, 0.3) is 0 Å². The molecule has 0 aliphatic carbocycles. The van der Waals surface area contributed by atoms with E-state index in [2.05, 4.69) is 31.1 Å². The Morgan fingerprint density at radius 3 is 2.35 bits per heavy atom. The highest BCUT2D eigenvalue weighted by atomic mass is 19.1. The summed E-state index contributed by atoms with van der Waals surface area (Å²) in [6.07, 6.45) is 4.64. The summed E-state index contributed by atoms with van der Waals surface area (Å²) in [7, 11) is 0. The molecule has 1 aromatic rings. The first-order valence-electron chi connectivity index (χ1n) is 6.56. The van der Waals surface area contributed by atoms with Gasteiger partial charge in [0.15, 0.2) is 0 Å². The highest BCUT2D eigenvalue weighted by molar-refractivity contribution is 5.09. The number of hydrogen-bond acceptors (Lipinski definition) is 2. The molecular weight excluding hydrogens is 215 g/mol. The SMILES string of the molecule is CCC(CC)CNC(CC)c1ccc(F)cn1. The van der Waals surface area contributed by atoms with Crippen LogP contribution in [-0.2, 0) is 0 Å². The van der Waals surface area contributed by atoms with Gasteiger partial charge in [0.05, 0.1) is 11.9 Å². The topological polar surface area (TPSA) is 24.9 Å². The van der Waals surface area contributed by atoms with E-state index in [1.165, 1.54) is 25.1 Å². The van der Waals surface area contributed by atoms with Crippen molar-refractivity contribution in [2.45, 2.75) is 46.1 Å². The van der Waals surface area contributed by atoms with Gasteiger partial charge in [-0.25, -0.2) is 4.39 Å². The molecule has 1 heterocycles. The van der Waals surface area contributed by atoms with E-state index in [0.717, 1.165) is 18.7 Å². The van der Waals surface area contributed by atoms with Crippen LogP contribution in [0.4, 0.5) is 4.39 Å². The first-order valence-corrected chi connectivity index (χ1v) is 6.56. The Hall–Kier alpha value is -0.960. The molecule has 1 N–H and O–H groups in total. The molecule has 0 aliphatic heterocycles. The van der Waals surface area contributed by atoms with Gasteiger partial charge in [-0.05, 0) is 31.0 Å². The van der Waals surface area contributed by atoms with Crippen molar-refractivity contribution in [2.75, 3.05) is 6.54 Å². The van der Waals surface area contributed by atoms with Crippen LogP contribution in [0.2, 0.25) is 0 Å². The van der Waals surface area contributed by atoms with E-state index in [-0.39, 0.29) is 11.9 Å². The Labute approximate surface area is 104 Å². The maximum Gasteiger partial charge on any atom is 0.141 e. The Balaban J connectivity index is 2.56. The first kappa shape index (κ1) is 14.1. The second kappa shape index (κ2) is 7.38. The predicted octanol–water partition coefficient (Wildman–Crippen LogP) is 3.70. The molecule has 17 heavy (non-hydrogen) atoms. The van der Waals surface area contributed by atoms with Crippen LogP contribution in [0.5, 0.6) is 0 Å². The van der Waals surface area contributed by atoms with Gasteiger partial charge in [-0.15, -0.1) is 0 Å². The summed E-state index contributed by atoms with van der Waals surface area (Å²) in [6, 6.07) is 3.48. The van der Waals surface area contributed by atoms with Crippen molar-refractivity contribution in [1.82, 2.24) is 10.3 Å². The summed E-state index contributed by atoms with van der Waals surface area (Å²) in [5.41, 5.74) is 0.930. The lowest BCUT2D eigenvalue weighted by Gasteiger charge is -2.20. The van der Waals surface area contributed by atoms with E-state index in [4.69, 9.17) is 0 Å². The number of nitrogens with zero attached hydrogens (tertiary/aromatic N) is 1. The van der Waals surface area contributed by atoms with Gasteiger partial charge in [0, 0.05) is 6.04 Å². The molecule has 0 amide bonds. The zero-order valence-electron chi connectivity index (χ0n) is 11.0. The van der Waals surface area contributed by atoms with Crippen LogP contribution in [0.3, 0.4) is 0 Å². The van der Waals surface area contributed by atoms with Crippen LogP contribution in [0.15, 0.2) is 18.3 Å². The maximum atomic E-state index is 12.8. The number of rotatable bonds is 7. The fraction of sp³-hybridized carbons (Fsp3) is 0.643. The molecule has 0 saturated carbocycles. The van der Waals surface area contributed by atoms with Gasteiger partial charge in [0.1, 0.15) is 5.82 Å². The van der Waals surface area contributed by atoms with Crippen LogP contribution in [0.1, 0.15) is 51.8 Å². The summed E-state index contributed by atoms with van der Waals surface area (Å²) in [5.74, 6) is 0.438. The maximum absolute atomic E-state index is 12.8. The molecule has 1 unspecified atom stereocenters. The summed E-state index contributed by atoms with van der Waals surface area (Å²) in [6.45, 7) is 7.56. The summed E-state index contributed by atoms with van der Waals surface area (Å²) < 4.78 is 12.8. The van der Waals surface area contributed by atoms with Crippen molar-refractivity contribution >= 4 is 0 Å². The normalized spacial score (nSPS) is 13.0. The minimum Gasteiger partial charge on any atom is -0.308 e. The molecular formula is C14H23FN2. The van der Waals surface area contributed by atoms with Crippen LogP contribution < -0.4 is 5.32 Å². The first-order chi connectivity index (χ1) is 8.21. The van der Waals surface area contributed by atoms with E-state index in [1.54, 1.807) is 6.07 Å². The van der Waals surface area contributed by atoms with Gasteiger partial charge >= 0.3 is 0 Å². The lowest BCUT2D eigenvalue weighted by Crippen LogP contribution is -2.27. The van der Waals surface area contributed by atoms with E-state index in [0.29, 0.717) is 5.92 Å². The van der Waals surface area contributed by atoms with Gasteiger partial charge in [-0.2, -0.15) is 0 Å². The van der Waals surface area contributed by atoms with Crippen molar-refractivity contribution in [2.24, 2.45) is 5.92 Å². The van der Waals surface area contributed by atoms with Gasteiger partial charge in [-0.1, -0.05) is 33.6 Å². The molecule has 2 nitrogen and oxygen atoms in total. The molecule has 0 radical (unpaired) electrons. The fourth-order valence-corrected chi connectivity index (χ4v) is 1.94. The van der Waals surface area contributed by atoms with Crippen molar-refractivity contribution < 1.29 is 4.39 Å². The largest absolute Gasteiger partial charge is 0.308 e. The summed E-state index contributed by atoms with van der Waals surface area (Å²) >= 11 is 0. The van der Waals surface area contributed by atoms with Crippen molar-refractivity contribution in [1.29, 1.82) is 0 Å². The average molecular weight is 238 g/mol. The highest BCUT2D eigenvalue weighted by Crippen LogP contribution is 2.15. The molecule has 0 bridgehead atoms. The van der Waals surface area contributed by atoms with E-state index in [1.807, 2.05) is 0 Å². The second-order valence-electron chi connectivity index (χ2n) is 4.45. The number of halogens is 1. The fourth-order valence-electron chi connectivity index (χ4n) is 1.94. The van der Waals surface area contributed by atoms with Gasteiger partial charge < -0.3 is 5.32 Å². The van der Waals surface area contributed by atoms with Gasteiger partial charge in [0.2, 0.25) is 0 Å². The van der Waals surface area contributed by atoms with Gasteiger partial charge in [-0.3, -0.25) is 4.98 Å². The molecule has 1 aromatic heterocycles. The third kappa shape index (κ3) is 4.43. The molecule has 0 saturated heterocycles. The van der Waals surface area contributed by atoms with Crippen molar-refractivity contribution in [3.8, 4) is 0 Å². The molecule has 1 rings (SSSR count). The van der Waals surface area contributed by atoms with Crippen molar-refractivity contribution in [3.05, 3.63) is 29.8 Å².